The molecule has 0 spiro atoms. The molecule has 4 nitrogen and oxygen atoms in total. The number of carbonyl (C=O) groups excluding carboxylic acids is 1. The monoisotopic (exact) mass is 277 g/mol. The molecule has 102 valence electrons. The van der Waals surface area contributed by atoms with Gasteiger partial charge in [-0.05, 0) is 48.8 Å². The lowest BCUT2D eigenvalue weighted by atomic mass is 10.1. The Morgan fingerprint density at radius 3 is 3.00 bits per heavy atom. The summed E-state index contributed by atoms with van der Waals surface area (Å²) in [5.41, 5.74) is 3.46. The third kappa shape index (κ3) is 3.44. The van der Waals surface area contributed by atoms with Gasteiger partial charge in [-0.15, -0.1) is 11.3 Å². The smallest absolute Gasteiger partial charge is 0.261 e. The summed E-state index contributed by atoms with van der Waals surface area (Å²) in [6, 6.07) is 2.02. The molecule has 19 heavy (non-hydrogen) atoms. The van der Waals surface area contributed by atoms with Crippen molar-refractivity contribution in [2.75, 3.05) is 6.54 Å². The van der Waals surface area contributed by atoms with Gasteiger partial charge in [0.05, 0.1) is 11.1 Å². The van der Waals surface area contributed by atoms with Gasteiger partial charge in [-0.3, -0.25) is 9.89 Å². The lowest BCUT2D eigenvalue weighted by Crippen LogP contribution is -2.24. The number of aromatic nitrogens is 2. The minimum atomic E-state index is 0.0516. The van der Waals surface area contributed by atoms with Gasteiger partial charge >= 0.3 is 0 Å². The fourth-order valence-electron chi connectivity index (χ4n) is 2.00. The molecule has 0 aliphatic rings. The van der Waals surface area contributed by atoms with E-state index in [4.69, 9.17) is 0 Å². The van der Waals surface area contributed by atoms with E-state index >= 15 is 0 Å². The lowest BCUT2D eigenvalue weighted by Gasteiger charge is -2.05. The first-order valence-corrected chi connectivity index (χ1v) is 7.43. The van der Waals surface area contributed by atoms with E-state index in [1.807, 2.05) is 24.6 Å². The van der Waals surface area contributed by atoms with Crippen LogP contribution in [0, 0.1) is 6.92 Å². The second-order valence-electron chi connectivity index (χ2n) is 4.51. The van der Waals surface area contributed by atoms with Crippen molar-refractivity contribution >= 4 is 17.2 Å². The third-order valence-electron chi connectivity index (χ3n) is 3.18. The molecule has 0 aliphatic heterocycles. The highest BCUT2D eigenvalue weighted by Gasteiger charge is 2.11. The van der Waals surface area contributed by atoms with Crippen molar-refractivity contribution in [3.63, 3.8) is 0 Å². The van der Waals surface area contributed by atoms with Crippen molar-refractivity contribution in [2.45, 2.75) is 33.1 Å². The molecule has 0 unspecified atom stereocenters. The fraction of sp³-hybridized carbons (Fsp3) is 0.429. The van der Waals surface area contributed by atoms with E-state index in [2.05, 4.69) is 22.4 Å². The van der Waals surface area contributed by atoms with E-state index < -0.39 is 0 Å². The van der Waals surface area contributed by atoms with E-state index in [1.165, 1.54) is 16.9 Å². The molecule has 0 atom stereocenters. The second-order valence-corrected chi connectivity index (χ2v) is 5.42. The van der Waals surface area contributed by atoms with Crippen molar-refractivity contribution in [2.24, 2.45) is 0 Å². The van der Waals surface area contributed by atoms with E-state index in [1.54, 1.807) is 0 Å². The average Bonchev–Trinajstić information content (AvgIpc) is 3.03. The zero-order valence-electron chi connectivity index (χ0n) is 11.3. The van der Waals surface area contributed by atoms with Gasteiger partial charge in [0.25, 0.3) is 5.91 Å². The summed E-state index contributed by atoms with van der Waals surface area (Å²) >= 11 is 1.51. The Labute approximate surface area is 117 Å². The number of H-pyrrole nitrogens is 1. The Bertz CT molecular complexity index is 544. The minimum absolute atomic E-state index is 0.0516. The van der Waals surface area contributed by atoms with Crippen LogP contribution in [0.15, 0.2) is 17.6 Å². The number of thiophene rings is 1. The maximum atomic E-state index is 12.0. The van der Waals surface area contributed by atoms with Gasteiger partial charge in [0, 0.05) is 12.2 Å². The predicted molar refractivity (Wildman–Crippen MR) is 77.7 cm³/mol. The van der Waals surface area contributed by atoms with E-state index in [-0.39, 0.29) is 5.91 Å². The molecule has 0 aromatic carbocycles. The molecule has 0 fully saturated rings. The topological polar surface area (TPSA) is 57.8 Å². The van der Waals surface area contributed by atoms with Gasteiger partial charge in [-0.25, -0.2) is 0 Å². The van der Waals surface area contributed by atoms with E-state index in [0.717, 1.165) is 35.4 Å². The van der Waals surface area contributed by atoms with Crippen molar-refractivity contribution in [1.82, 2.24) is 15.5 Å². The fourth-order valence-corrected chi connectivity index (χ4v) is 2.91. The summed E-state index contributed by atoms with van der Waals surface area (Å²) in [6.45, 7) is 4.78. The SMILES string of the molecule is CCc1ccsc1C(=O)NCCCc1cn[nH]c1C. The number of aromatic amines is 1. The summed E-state index contributed by atoms with van der Waals surface area (Å²) in [6.07, 6.45) is 4.62. The molecule has 0 saturated heterocycles. The Hall–Kier alpha value is -1.62. The normalized spacial score (nSPS) is 10.6. The molecule has 0 radical (unpaired) electrons. The average molecular weight is 277 g/mol. The number of carbonyl (C=O) groups is 1. The molecule has 0 saturated carbocycles. The highest BCUT2D eigenvalue weighted by atomic mass is 32.1. The van der Waals surface area contributed by atoms with Crippen LogP contribution in [0.4, 0.5) is 0 Å². The summed E-state index contributed by atoms with van der Waals surface area (Å²) in [7, 11) is 0. The maximum Gasteiger partial charge on any atom is 0.261 e. The van der Waals surface area contributed by atoms with Crippen LogP contribution in [0.5, 0.6) is 0 Å². The molecule has 2 N–H and O–H groups in total. The molecule has 1 amide bonds. The van der Waals surface area contributed by atoms with Crippen LogP contribution in [0.3, 0.4) is 0 Å². The van der Waals surface area contributed by atoms with Crippen molar-refractivity contribution < 1.29 is 4.79 Å². The number of aryl methyl sites for hydroxylation is 3. The highest BCUT2D eigenvalue weighted by Crippen LogP contribution is 2.17. The zero-order valence-corrected chi connectivity index (χ0v) is 12.1. The van der Waals surface area contributed by atoms with Crippen LogP contribution < -0.4 is 5.32 Å². The summed E-state index contributed by atoms with van der Waals surface area (Å²) in [5.74, 6) is 0.0516. The number of amides is 1. The lowest BCUT2D eigenvalue weighted by molar-refractivity contribution is 0.0956. The zero-order chi connectivity index (χ0) is 13.7. The van der Waals surface area contributed by atoms with Crippen LogP contribution in [0.25, 0.3) is 0 Å². The van der Waals surface area contributed by atoms with Gasteiger partial charge in [0.1, 0.15) is 0 Å². The summed E-state index contributed by atoms with van der Waals surface area (Å²) in [4.78, 5) is 12.8. The molecule has 2 rings (SSSR count). The van der Waals surface area contributed by atoms with Crippen LogP contribution in [-0.4, -0.2) is 22.6 Å². The van der Waals surface area contributed by atoms with Crippen LogP contribution in [-0.2, 0) is 12.8 Å². The first-order chi connectivity index (χ1) is 9.22. The van der Waals surface area contributed by atoms with E-state index in [0.29, 0.717) is 6.54 Å². The number of nitrogens with one attached hydrogen (secondary N) is 2. The third-order valence-corrected chi connectivity index (χ3v) is 4.13. The van der Waals surface area contributed by atoms with Gasteiger partial charge in [-0.2, -0.15) is 5.10 Å². The van der Waals surface area contributed by atoms with Crippen molar-refractivity contribution in [3.8, 4) is 0 Å². The van der Waals surface area contributed by atoms with E-state index in [9.17, 15) is 4.79 Å². The van der Waals surface area contributed by atoms with Gasteiger partial charge in [0.2, 0.25) is 0 Å². The maximum absolute atomic E-state index is 12.0. The number of rotatable bonds is 6. The standard InChI is InChI=1S/C14H19N3OS/c1-3-11-6-8-19-13(11)14(18)15-7-4-5-12-9-16-17-10(12)2/h6,8-9H,3-5,7H2,1-2H3,(H,15,18)(H,16,17). The first-order valence-electron chi connectivity index (χ1n) is 6.55. The van der Waals surface area contributed by atoms with Gasteiger partial charge < -0.3 is 5.32 Å². The Morgan fingerprint density at radius 2 is 2.32 bits per heavy atom. The van der Waals surface area contributed by atoms with Crippen molar-refractivity contribution in [1.29, 1.82) is 0 Å². The Kier molecular flexibility index (Phi) is 4.74. The predicted octanol–water partition coefficient (Wildman–Crippen LogP) is 2.70. The molecule has 2 aromatic heterocycles. The first kappa shape index (κ1) is 13.8. The van der Waals surface area contributed by atoms with Gasteiger partial charge in [-0.1, -0.05) is 6.92 Å². The summed E-state index contributed by atoms with van der Waals surface area (Å²) in [5, 5.41) is 11.9. The number of hydrogen-bond donors (Lipinski definition) is 2. The number of nitrogens with zero attached hydrogens (tertiary/aromatic N) is 1. The summed E-state index contributed by atoms with van der Waals surface area (Å²) < 4.78 is 0. The molecular formula is C14H19N3OS. The molecule has 0 aliphatic carbocycles. The quantitative estimate of drug-likeness (QED) is 0.798. The highest BCUT2D eigenvalue weighted by molar-refractivity contribution is 7.12. The molecule has 5 heteroatoms. The minimum Gasteiger partial charge on any atom is -0.351 e. The molecule has 2 heterocycles. The molecular weight excluding hydrogens is 258 g/mol. The molecule has 0 bridgehead atoms. The van der Waals surface area contributed by atoms with Gasteiger partial charge in [0.15, 0.2) is 0 Å². The Balaban J connectivity index is 1.77. The number of hydrogen-bond acceptors (Lipinski definition) is 3. The van der Waals surface area contributed by atoms with Crippen LogP contribution in [0.2, 0.25) is 0 Å². The van der Waals surface area contributed by atoms with Crippen LogP contribution in [0.1, 0.15) is 39.8 Å². The van der Waals surface area contributed by atoms with Crippen LogP contribution >= 0.6 is 11.3 Å². The second kappa shape index (κ2) is 6.52. The largest absolute Gasteiger partial charge is 0.351 e. The van der Waals surface area contributed by atoms with Crippen molar-refractivity contribution in [3.05, 3.63) is 39.3 Å². The molecule has 2 aromatic rings. The Morgan fingerprint density at radius 1 is 1.47 bits per heavy atom.